The molecule has 0 aliphatic carbocycles. The van der Waals surface area contributed by atoms with Crippen LogP contribution in [-0.4, -0.2) is 18.0 Å². The van der Waals surface area contributed by atoms with Crippen molar-refractivity contribution in [3.63, 3.8) is 0 Å². The van der Waals surface area contributed by atoms with Crippen LogP contribution in [0.1, 0.15) is 0 Å². The maximum atomic E-state index is 7.18. The minimum absolute atomic E-state index is 0.202. The number of rotatable bonds is 1. The molecule has 0 amide bonds. The highest BCUT2D eigenvalue weighted by atomic mass is 32.2. The summed E-state index contributed by atoms with van der Waals surface area (Å²) in [5.41, 5.74) is 0. The quantitative estimate of drug-likeness (QED) is 0.273. The lowest BCUT2D eigenvalue weighted by Crippen LogP contribution is -2.22. The van der Waals surface area contributed by atoms with Gasteiger partial charge in [-0.1, -0.05) is 5.92 Å². The summed E-state index contributed by atoms with van der Waals surface area (Å²) in [7, 11) is 0.790. The summed E-state index contributed by atoms with van der Waals surface area (Å²) in [4.78, 5) is 0. The summed E-state index contributed by atoms with van der Waals surface area (Å²) >= 11 is 0. The molecule has 3 nitrogen and oxygen atoms in total. The Morgan fingerprint density at radius 2 is 2.44 bits per heavy atom. The first kappa shape index (κ1) is 8.18. The van der Waals surface area contributed by atoms with Crippen LogP contribution in [0.5, 0.6) is 0 Å². The van der Waals surface area contributed by atoms with E-state index in [0.29, 0.717) is 5.75 Å². The summed E-state index contributed by atoms with van der Waals surface area (Å²) in [6.07, 6.45) is 4.93. The third kappa shape index (κ3) is 2.88. The van der Waals surface area contributed by atoms with E-state index in [1.165, 1.54) is 0 Å². The Morgan fingerprint density at radius 3 is 2.78 bits per heavy atom. The second kappa shape index (κ2) is 4.10. The van der Waals surface area contributed by atoms with Gasteiger partial charge in [0.1, 0.15) is 0 Å². The minimum atomic E-state index is -0.829. The molecule has 0 aromatic carbocycles. The van der Waals surface area contributed by atoms with Gasteiger partial charge in [-0.2, -0.15) is 0 Å². The second-order valence-electron chi connectivity index (χ2n) is 1.32. The molecule has 0 aromatic heterocycles. The van der Waals surface area contributed by atoms with E-state index < -0.39 is 10.7 Å². The van der Waals surface area contributed by atoms with E-state index in [-0.39, 0.29) is 5.17 Å². The van der Waals surface area contributed by atoms with E-state index in [1.807, 2.05) is 0 Å². The van der Waals surface area contributed by atoms with Crippen molar-refractivity contribution < 1.29 is 0 Å². The maximum Gasteiger partial charge on any atom is 0.165 e. The van der Waals surface area contributed by atoms with Crippen LogP contribution in [-0.2, 0) is 10.7 Å². The van der Waals surface area contributed by atoms with Gasteiger partial charge in [-0.3, -0.25) is 10.2 Å². The molecule has 3 N–H and O–H groups in total. The van der Waals surface area contributed by atoms with Crippen LogP contribution in [0.2, 0.25) is 0 Å². The predicted molar refractivity (Wildman–Crippen MR) is 40.6 cm³/mol. The Kier molecular flexibility index (Phi) is 3.72. The topological polar surface area (TPSA) is 59.7 Å². The molecule has 0 radical (unpaired) electrons. The molecule has 0 saturated carbocycles. The zero-order valence-corrected chi connectivity index (χ0v) is 6.01. The average molecular weight is 143 g/mol. The SMILES string of the molecule is C#CCS(=N)C(=N)NC. The number of hydrogen-bond donors (Lipinski definition) is 3. The van der Waals surface area contributed by atoms with Gasteiger partial charge >= 0.3 is 0 Å². The van der Waals surface area contributed by atoms with Crippen LogP contribution < -0.4 is 5.32 Å². The van der Waals surface area contributed by atoms with Crippen molar-refractivity contribution in [3.05, 3.63) is 0 Å². The molecule has 4 heteroatoms. The fraction of sp³-hybridized carbons (Fsp3) is 0.400. The molecule has 0 bridgehead atoms. The average Bonchev–Trinajstić information content (AvgIpc) is 1.87. The van der Waals surface area contributed by atoms with E-state index in [1.54, 1.807) is 7.05 Å². The molecule has 1 unspecified atom stereocenters. The van der Waals surface area contributed by atoms with Crippen molar-refractivity contribution in [2.75, 3.05) is 12.8 Å². The van der Waals surface area contributed by atoms with Crippen LogP contribution in [0.4, 0.5) is 0 Å². The summed E-state index contributed by atoms with van der Waals surface area (Å²) in [5.74, 6) is 2.66. The standard InChI is InChI=1S/C5H9N3S/c1-3-4-9(7)5(6)8-2/h1,7H,4H2,2H3,(H2,6,8). The Balaban J connectivity index is 3.77. The zero-order valence-electron chi connectivity index (χ0n) is 5.19. The highest BCUT2D eigenvalue weighted by molar-refractivity contribution is 8.01. The zero-order chi connectivity index (χ0) is 7.28. The molecule has 0 fully saturated rings. The molecule has 9 heavy (non-hydrogen) atoms. The molecule has 50 valence electrons. The molecule has 0 aromatic rings. The van der Waals surface area contributed by atoms with Crippen molar-refractivity contribution in [1.29, 1.82) is 10.2 Å². The monoisotopic (exact) mass is 143 g/mol. The Hall–Kier alpha value is -0.820. The van der Waals surface area contributed by atoms with Gasteiger partial charge < -0.3 is 5.32 Å². The van der Waals surface area contributed by atoms with Crippen molar-refractivity contribution in [3.8, 4) is 12.3 Å². The summed E-state index contributed by atoms with van der Waals surface area (Å²) < 4.78 is 7.18. The lowest BCUT2D eigenvalue weighted by atomic mass is 10.8. The predicted octanol–water partition coefficient (Wildman–Crippen LogP) is 0.154. The Bertz CT molecular complexity index is 168. The van der Waals surface area contributed by atoms with Gasteiger partial charge in [0.15, 0.2) is 5.17 Å². The molecule has 0 saturated heterocycles. The van der Waals surface area contributed by atoms with E-state index in [4.69, 9.17) is 16.6 Å². The van der Waals surface area contributed by atoms with Crippen molar-refractivity contribution >= 4 is 15.9 Å². The van der Waals surface area contributed by atoms with Crippen LogP contribution in [0.25, 0.3) is 0 Å². The first-order valence-electron chi connectivity index (χ1n) is 2.34. The molecule has 0 aliphatic rings. The van der Waals surface area contributed by atoms with E-state index >= 15 is 0 Å². The third-order valence-corrected chi connectivity index (χ3v) is 1.85. The van der Waals surface area contributed by atoms with Crippen LogP contribution in [0, 0.1) is 22.5 Å². The molecule has 1 atom stereocenters. The van der Waals surface area contributed by atoms with Gasteiger partial charge in [0, 0.05) is 7.05 Å². The van der Waals surface area contributed by atoms with Crippen molar-refractivity contribution in [2.45, 2.75) is 0 Å². The van der Waals surface area contributed by atoms with Crippen LogP contribution in [0.3, 0.4) is 0 Å². The molecule has 0 heterocycles. The van der Waals surface area contributed by atoms with E-state index in [0.717, 1.165) is 0 Å². The first-order valence-corrected chi connectivity index (χ1v) is 3.73. The lowest BCUT2D eigenvalue weighted by Gasteiger charge is -2.00. The third-order valence-electron chi connectivity index (χ3n) is 0.701. The first-order chi connectivity index (χ1) is 4.22. The smallest absolute Gasteiger partial charge is 0.165 e. The number of nitrogens with one attached hydrogen (secondary N) is 3. The van der Waals surface area contributed by atoms with E-state index in [2.05, 4.69) is 11.2 Å². The van der Waals surface area contributed by atoms with Crippen LogP contribution in [0.15, 0.2) is 0 Å². The van der Waals surface area contributed by atoms with Gasteiger partial charge in [-0.15, -0.1) is 6.42 Å². The van der Waals surface area contributed by atoms with Gasteiger partial charge in [0.25, 0.3) is 0 Å². The lowest BCUT2D eigenvalue weighted by molar-refractivity contribution is 1.18. The molecular weight excluding hydrogens is 134 g/mol. The summed E-state index contributed by atoms with van der Waals surface area (Å²) in [6, 6.07) is 0. The minimum Gasteiger partial charge on any atom is -0.367 e. The number of hydrogen-bond acceptors (Lipinski definition) is 2. The molecule has 0 rings (SSSR count). The molecular formula is C5H9N3S. The van der Waals surface area contributed by atoms with Gasteiger partial charge in [-0.25, -0.2) is 0 Å². The molecule has 0 spiro atoms. The van der Waals surface area contributed by atoms with E-state index in [9.17, 15) is 0 Å². The Labute approximate surface area is 57.3 Å². The molecule has 0 aliphatic heterocycles. The number of amidine groups is 1. The van der Waals surface area contributed by atoms with Crippen molar-refractivity contribution in [2.24, 2.45) is 0 Å². The Morgan fingerprint density at radius 1 is 1.89 bits per heavy atom. The normalized spacial score (nSPS) is 11.6. The van der Waals surface area contributed by atoms with Crippen molar-refractivity contribution in [1.82, 2.24) is 5.32 Å². The van der Waals surface area contributed by atoms with Gasteiger partial charge in [0.05, 0.1) is 5.75 Å². The fourth-order valence-corrected chi connectivity index (χ4v) is 0.836. The van der Waals surface area contributed by atoms with Gasteiger partial charge in [0.2, 0.25) is 0 Å². The summed E-state index contributed by atoms with van der Waals surface area (Å²) in [6.45, 7) is 0. The highest BCUT2D eigenvalue weighted by Gasteiger charge is 1.95. The maximum absolute atomic E-state index is 7.18. The fourth-order valence-electron chi connectivity index (χ4n) is 0.279. The summed E-state index contributed by atoms with van der Waals surface area (Å²) in [5, 5.41) is 9.83. The highest BCUT2D eigenvalue weighted by Crippen LogP contribution is 1.80. The second-order valence-corrected chi connectivity index (χ2v) is 2.80. The largest absolute Gasteiger partial charge is 0.367 e. The van der Waals surface area contributed by atoms with Crippen LogP contribution >= 0.6 is 0 Å². The number of terminal acetylenes is 1. The van der Waals surface area contributed by atoms with Gasteiger partial charge in [-0.05, 0) is 10.7 Å².